The number of nitrogens with one attached hydrogen (secondary N) is 1. The lowest BCUT2D eigenvalue weighted by atomic mass is 9.90. The number of amides is 1. The Kier molecular flexibility index (Phi) is 6.27. The molecule has 28 heavy (non-hydrogen) atoms. The van der Waals surface area contributed by atoms with Gasteiger partial charge in [0.05, 0.1) is 5.56 Å². The van der Waals surface area contributed by atoms with E-state index in [4.69, 9.17) is 4.74 Å². The van der Waals surface area contributed by atoms with Gasteiger partial charge in [0.15, 0.2) is 0 Å². The summed E-state index contributed by atoms with van der Waals surface area (Å²) in [6.45, 7) is 13.8. The van der Waals surface area contributed by atoms with Crippen LogP contribution in [0.2, 0.25) is 0 Å². The van der Waals surface area contributed by atoms with Crippen LogP contribution >= 0.6 is 0 Å². The summed E-state index contributed by atoms with van der Waals surface area (Å²) in [7, 11) is 0. The van der Waals surface area contributed by atoms with E-state index in [2.05, 4.69) is 31.1 Å². The largest absolute Gasteiger partial charge is 0.456 e. The molecule has 5 nitrogen and oxygen atoms in total. The van der Waals surface area contributed by atoms with Gasteiger partial charge in [-0.2, -0.15) is 0 Å². The molecule has 2 rings (SSSR count). The Morgan fingerprint density at radius 2 is 1.61 bits per heavy atom. The fourth-order valence-corrected chi connectivity index (χ4v) is 2.71. The maximum absolute atomic E-state index is 12.6. The van der Waals surface area contributed by atoms with E-state index in [-0.39, 0.29) is 11.3 Å². The van der Waals surface area contributed by atoms with Crippen molar-refractivity contribution >= 4 is 17.6 Å². The van der Waals surface area contributed by atoms with Crippen LogP contribution in [-0.4, -0.2) is 22.5 Å². The second-order valence-corrected chi connectivity index (χ2v) is 9.29. The van der Waals surface area contributed by atoms with Gasteiger partial charge in [-0.15, -0.1) is 0 Å². The van der Waals surface area contributed by atoms with Gasteiger partial charge in [-0.05, 0) is 81.5 Å². The molecule has 0 aliphatic carbocycles. The normalized spacial score (nSPS) is 11.8. The van der Waals surface area contributed by atoms with Gasteiger partial charge in [0.1, 0.15) is 11.3 Å². The number of benzene rings is 1. The predicted octanol–water partition coefficient (Wildman–Crippen LogP) is 5.19. The minimum atomic E-state index is -0.550. The Labute approximate surface area is 167 Å². The molecule has 0 aliphatic rings. The molecule has 0 atom stereocenters. The molecular weight excluding hydrogens is 352 g/mol. The number of esters is 1. The fourth-order valence-electron chi connectivity index (χ4n) is 2.71. The maximum Gasteiger partial charge on any atom is 0.338 e. The number of pyridine rings is 1. The van der Waals surface area contributed by atoms with E-state index in [9.17, 15) is 9.59 Å². The average Bonchev–Trinajstić information content (AvgIpc) is 2.51. The highest BCUT2D eigenvalue weighted by Gasteiger charge is 2.18. The molecule has 1 amide bonds. The molecule has 0 radical (unpaired) electrons. The van der Waals surface area contributed by atoms with E-state index >= 15 is 0 Å². The lowest BCUT2D eigenvalue weighted by Gasteiger charge is -2.19. The number of carbonyl (C=O) groups is 2. The number of carbonyl (C=O) groups excluding carboxylic acids is 2. The third-order valence-electron chi connectivity index (χ3n) is 3.74. The van der Waals surface area contributed by atoms with E-state index in [0.29, 0.717) is 16.9 Å². The van der Waals surface area contributed by atoms with Gasteiger partial charge in [0, 0.05) is 11.4 Å². The van der Waals surface area contributed by atoms with Crippen LogP contribution in [0.5, 0.6) is 0 Å². The van der Waals surface area contributed by atoms with E-state index < -0.39 is 11.6 Å². The molecule has 0 saturated carbocycles. The van der Waals surface area contributed by atoms with Crippen LogP contribution in [0.4, 0.5) is 5.69 Å². The molecule has 0 spiro atoms. The third-order valence-corrected chi connectivity index (χ3v) is 3.74. The lowest BCUT2D eigenvalue weighted by Crippen LogP contribution is -2.23. The van der Waals surface area contributed by atoms with Crippen LogP contribution in [0.15, 0.2) is 36.4 Å². The summed E-state index contributed by atoms with van der Waals surface area (Å²) in [5, 5.41) is 2.84. The number of rotatable bonds is 4. The molecule has 5 heteroatoms. The van der Waals surface area contributed by atoms with Crippen LogP contribution in [-0.2, 0) is 11.2 Å². The van der Waals surface area contributed by atoms with Gasteiger partial charge in [0.25, 0.3) is 5.91 Å². The molecule has 150 valence electrons. The number of ether oxygens (including phenoxy) is 1. The van der Waals surface area contributed by atoms with E-state index in [1.807, 2.05) is 33.8 Å². The molecule has 0 aliphatic heterocycles. The number of nitrogens with zero attached hydrogens (tertiary/aromatic N) is 1. The fraction of sp³-hybridized carbons (Fsp3) is 0.435. The first-order valence-electron chi connectivity index (χ1n) is 9.45. The third kappa shape index (κ3) is 6.80. The molecule has 1 N–H and O–H groups in total. The highest BCUT2D eigenvalue weighted by Crippen LogP contribution is 2.21. The Hall–Kier alpha value is -2.69. The van der Waals surface area contributed by atoms with Crippen LogP contribution in [0, 0.1) is 12.3 Å². The summed E-state index contributed by atoms with van der Waals surface area (Å²) in [6.07, 6.45) is 0.791. The molecule has 0 bridgehead atoms. The highest BCUT2D eigenvalue weighted by atomic mass is 16.6. The van der Waals surface area contributed by atoms with Gasteiger partial charge in [0.2, 0.25) is 0 Å². The smallest absolute Gasteiger partial charge is 0.338 e. The predicted molar refractivity (Wildman–Crippen MR) is 112 cm³/mol. The van der Waals surface area contributed by atoms with Crippen molar-refractivity contribution in [3.8, 4) is 0 Å². The van der Waals surface area contributed by atoms with Crippen molar-refractivity contribution in [2.75, 3.05) is 5.32 Å². The van der Waals surface area contributed by atoms with Gasteiger partial charge >= 0.3 is 5.97 Å². The van der Waals surface area contributed by atoms with Crippen molar-refractivity contribution in [2.45, 2.75) is 60.5 Å². The second kappa shape index (κ2) is 8.13. The van der Waals surface area contributed by atoms with Gasteiger partial charge in [-0.1, -0.05) is 20.8 Å². The number of hydrogen-bond acceptors (Lipinski definition) is 4. The minimum absolute atomic E-state index is 0.0893. The van der Waals surface area contributed by atoms with Crippen molar-refractivity contribution in [1.29, 1.82) is 0 Å². The Morgan fingerprint density at radius 3 is 2.14 bits per heavy atom. The van der Waals surface area contributed by atoms with Crippen molar-refractivity contribution in [3.63, 3.8) is 0 Å². The summed E-state index contributed by atoms with van der Waals surface area (Å²) in [5.41, 5.74) is 2.86. The molecule has 1 heterocycles. The molecule has 1 aromatic carbocycles. The van der Waals surface area contributed by atoms with Gasteiger partial charge < -0.3 is 10.1 Å². The van der Waals surface area contributed by atoms with Crippen LogP contribution in [0.3, 0.4) is 0 Å². The first-order valence-corrected chi connectivity index (χ1v) is 9.45. The summed E-state index contributed by atoms with van der Waals surface area (Å²) in [5.74, 6) is -0.665. The highest BCUT2D eigenvalue weighted by molar-refractivity contribution is 6.03. The molecule has 1 aromatic heterocycles. The summed E-state index contributed by atoms with van der Waals surface area (Å²) >= 11 is 0. The standard InChI is InChI=1S/C23H30N2O3/c1-15-12-18(14-22(2,3)4)24-19(13-15)20(26)25-17-10-8-16(9-11-17)21(27)28-23(5,6)7/h8-13H,14H2,1-7H3,(H,25,26). The van der Waals surface area contributed by atoms with Crippen LogP contribution in [0.25, 0.3) is 0 Å². The van der Waals surface area contributed by atoms with E-state index in [0.717, 1.165) is 17.7 Å². The number of anilines is 1. The first-order chi connectivity index (χ1) is 12.8. The Balaban J connectivity index is 2.12. The first kappa shape index (κ1) is 21.6. The summed E-state index contributed by atoms with van der Waals surface area (Å²) < 4.78 is 5.34. The second-order valence-electron chi connectivity index (χ2n) is 9.29. The zero-order valence-corrected chi connectivity index (χ0v) is 17.8. The quantitative estimate of drug-likeness (QED) is 0.739. The minimum Gasteiger partial charge on any atom is -0.456 e. The SMILES string of the molecule is Cc1cc(CC(C)(C)C)nc(C(=O)Nc2ccc(C(=O)OC(C)(C)C)cc2)c1. The topological polar surface area (TPSA) is 68.3 Å². The molecule has 0 saturated heterocycles. The molecular formula is C23H30N2O3. The maximum atomic E-state index is 12.6. The zero-order valence-electron chi connectivity index (χ0n) is 17.8. The molecule has 0 unspecified atom stereocenters. The monoisotopic (exact) mass is 382 g/mol. The zero-order chi connectivity index (χ0) is 21.1. The van der Waals surface area contributed by atoms with E-state index in [1.165, 1.54) is 0 Å². The number of hydrogen-bond donors (Lipinski definition) is 1. The number of aryl methyl sites for hydroxylation is 1. The Bertz CT molecular complexity index is 857. The molecule has 0 fully saturated rings. The summed E-state index contributed by atoms with van der Waals surface area (Å²) in [4.78, 5) is 29.2. The van der Waals surface area contributed by atoms with Crippen molar-refractivity contribution in [2.24, 2.45) is 5.41 Å². The lowest BCUT2D eigenvalue weighted by molar-refractivity contribution is 0.00695. The average molecular weight is 383 g/mol. The molecule has 2 aromatic rings. The van der Waals surface area contributed by atoms with Gasteiger partial charge in [-0.25, -0.2) is 9.78 Å². The summed E-state index contributed by atoms with van der Waals surface area (Å²) in [6, 6.07) is 10.4. The van der Waals surface area contributed by atoms with Crippen molar-refractivity contribution in [3.05, 3.63) is 58.9 Å². The Morgan fingerprint density at radius 1 is 1.00 bits per heavy atom. The van der Waals surface area contributed by atoms with Crippen molar-refractivity contribution in [1.82, 2.24) is 4.98 Å². The number of aromatic nitrogens is 1. The van der Waals surface area contributed by atoms with E-state index in [1.54, 1.807) is 30.3 Å². The van der Waals surface area contributed by atoms with Crippen molar-refractivity contribution < 1.29 is 14.3 Å². The van der Waals surface area contributed by atoms with Crippen LogP contribution < -0.4 is 5.32 Å². The van der Waals surface area contributed by atoms with Crippen LogP contribution in [0.1, 0.15) is 73.6 Å². The van der Waals surface area contributed by atoms with Gasteiger partial charge in [-0.3, -0.25) is 4.79 Å².